The van der Waals surface area contributed by atoms with Gasteiger partial charge in [0, 0.05) is 23.1 Å². The van der Waals surface area contributed by atoms with Crippen LogP contribution >= 0.6 is 18.7 Å². The fourth-order valence-electron chi connectivity index (χ4n) is 4.37. The molecule has 0 radical (unpaired) electrons. The third kappa shape index (κ3) is 7.60. The van der Waals surface area contributed by atoms with E-state index in [-0.39, 0.29) is 11.9 Å². The van der Waals surface area contributed by atoms with Crippen LogP contribution in [-0.4, -0.2) is 60.8 Å². The van der Waals surface area contributed by atoms with Gasteiger partial charge in [-0.3, -0.25) is 9.69 Å². The van der Waals surface area contributed by atoms with Crippen LogP contribution in [0.3, 0.4) is 0 Å². The van der Waals surface area contributed by atoms with E-state index in [1.165, 1.54) is 12.6 Å². The molecule has 39 heavy (non-hydrogen) atoms. The van der Waals surface area contributed by atoms with Gasteiger partial charge in [-0.1, -0.05) is 36.7 Å². The fraction of sp³-hybridized carbons (Fsp3) is 0.321. The Hall–Kier alpha value is -3.39. The van der Waals surface area contributed by atoms with Crippen LogP contribution in [0.15, 0.2) is 60.8 Å². The highest BCUT2D eigenvalue weighted by atomic mass is 35.5. The minimum atomic E-state index is -2.54. The fourth-order valence-corrected chi connectivity index (χ4v) is 5.67. The van der Waals surface area contributed by atoms with Gasteiger partial charge in [0.1, 0.15) is 17.9 Å². The predicted octanol–water partition coefficient (Wildman–Crippen LogP) is 5.85. The number of nitrogens with one attached hydrogen (secondary N) is 3. The number of amides is 1. The maximum Gasteiger partial charge on any atom is 0.252 e. The van der Waals surface area contributed by atoms with E-state index >= 15 is 0 Å². The van der Waals surface area contributed by atoms with Gasteiger partial charge < -0.3 is 25.3 Å². The molecule has 3 N–H and O–H groups in total. The Labute approximate surface area is 234 Å². The van der Waals surface area contributed by atoms with Crippen molar-refractivity contribution >= 4 is 58.8 Å². The molecule has 9 nitrogen and oxygen atoms in total. The first kappa shape index (κ1) is 28.6. The molecule has 206 valence electrons. The smallest absolute Gasteiger partial charge is 0.252 e. The summed E-state index contributed by atoms with van der Waals surface area (Å²) in [4.78, 5) is 23.9. The quantitative estimate of drug-likeness (QED) is 0.206. The first-order valence-corrected chi connectivity index (χ1v) is 15.7. The molecule has 0 saturated carbocycles. The maximum atomic E-state index is 12.8. The van der Waals surface area contributed by atoms with Gasteiger partial charge in [0.15, 0.2) is 5.82 Å². The second kappa shape index (κ2) is 12.6. The second-order valence-electron chi connectivity index (χ2n) is 9.82. The molecule has 11 heteroatoms. The van der Waals surface area contributed by atoms with E-state index in [9.17, 15) is 9.36 Å². The summed E-state index contributed by atoms with van der Waals surface area (Å²) in [6.07, 6.45) is 5.01. The SMILES string of the molecule is C=C(CN1CCCCC1)C(=O)Nc1ccc(OC)c(Nc2ncc(Cl)c(Nc3ccccc3P(C)(C)=O)n2)c1. The standard InChI is InChI=1S/C28H34ClN6O3P/c1-19(18-35-14-8-5-9-15-35)27(36)31-20-12-13-24(38-2)23(16-20)33-28-30-17-21(29)26(34-28)32-22-10-6-7-11-25(22)39(3,4)37/h6-7,10-13,16-17H,1,5,8-9,14-15,18H2,2-4H3,(H,31,36)(H2,30,32,33,34). The Kier molecular flexibility index (Phi) is 9.28. The molecule has 1 aliphatic heterocycles. The van der Waals surface area contributed by atoms with Crippen LogP contribution in [0.25, 0.3) is 0 Å². The lowest BCUT2D eigenvalue weighted by Gasteiger charge is -2.26. The van der Waals surface area contributed by atoms with Gasteiger partial charge in [0.2, 0.25) is 5.95 Å². The number of anilines is 5. The number of likely N-dealkylation sites (tertiary alicyclic amines) is 1. The average molecular weight is 569 g/mol. The predicted molar refractivity (Wildman–Crippen MR) is 160 cm³/mol. The van der Waals surface area contributed by atoms with Crippen molar-refractivity contribution in [1.29, 1.82) is 0 Å². The van der Waals surface area contributed by atoms with Crippen molar-refractivity contribution in [2.45, 2.75) is 19.3 Å². The zero-order valence-corrected chi connectivity index (χ0v) is 24.1. The summed E-state index contributed by atoms with van der Waals surface area (Å²) in [5, 5.41) is 10.3. The summed E-state index contributed by atoms with van der Waals surface area (Å²) in [5.41, 5.74) is 2.30. The number of halogens is 1. The van der Waals surface area contributed by atoms with E-state index in [0.29, 0.717) is 51.1 Å². The van der Waals surface area contributed by atoms with Crippen molar-refractivity contribution in [3.05, 3.63) is 65.8 Å². The van der Waals surface area contributed by atoms with E-state index in [1.54, 1.807) is 38.6 Å². The molecule has 0 aliphatic carbocycles. The van der Waals surface area contributed by atoms with E-state index < -0.39 is 7.14 Å². The summed E-state index contributed by atoms with van der Waals surface area (Å²) in [6.45, 7) is 9.94. The topological polar surface area (TPSA) is 108 Å². The molecule has 0 atom stereocenters. The Morgan fingerprint density at radius 1 is 1.10 bits per heavy atom. The number of methoxy groups -OCH3 is 1. The number of piperidine rings is 1. The average Bonchev–Trinajstić information content (AvgIpc) is 2.91. The summed E-state index contributed by atoms with van der Waals surface area (Å²) in [7, 11) is -0.990. The summed E-state index contributed by atoms with van der Waals surface area (Å²) in [6, 6.07) is 12.6. The molecule has 3 aromatic rings. The highest BCUT2D eigenvalue weighted by Gasteiger charge is 2.18. The number of carbonyl (C=O) groups excluding carboxylic acids is 1. The second-order valence-corrected chi connectivity index (χ2v) is 13.4. The highest BCUT2D eigenvalue weighted by molar-refractivity contribution is 7.70. The van der Waals surface area contributed by atoms with Gasteiger partial charge in [0.25, 0.3) is 5.91 Å². The van der Waals surface area contributed by atoms with Gasteiger partial charge in [-0.25, -0.2) is 4.98 Å². The highest BCUT2D eigenvalue weighted by Crippen LogP contribution is 2.39. The third-order valence-corrected chi connectivity index (χ3v) is 8.20. The van der Waals surface area contributed by atoms with Crippen LogP contribution in [0.2, 0.25) is 5.02 Å². The number of carbonyl (C=O) groups is 1. The van der Waals surface area contributed by atoms with E-state index in [4.69, 9.17) is 16.3 Å². The maximum absolute atomic E-state index is 12.8. The van der Waals surface area contributed by atoms with Crippen molar-refractivity contribution in [2.24, 2.45) is 0 Å². The number of para-hydroxylation sites is 1. The molecule has 1 saturated heterocycles. The molecule has 0 spiro atoms. The van der Waals surface area contributed by atoms with E-state index in [2.05, 4.69) is 37.4 Å². The Morgan fingerprint density at radius 3 is 2.56 bits per heavy atom. The number of hydrogen-bond acceptors (Lipinski definition) is 8. The molecule has 2 aromatic carbocycles. The third-order valence-electron chi connectivity index (χ3n) is 6.37. The van der Waals surface area contributed by atoms with Crippen LogP contribution < -0.4 is 26.0 Å². The van der Waals surface area contributed by atoms with Crippen LogP contribution in [-0.2, 0) is 9.36 Å². The summed E-state index contributed by atoms with van der Waals surface area (Å²) >= 11 is 6.39. The molecule has 0 bridgehead atoms. The lowest BCUT2D eigenvalue weighted by Crippen LogP contribution is -2.33. The normalized spacial score (nSPS) is 13.9. The van der Waals surface area contributed by atoms with Crippen molar-refractivity contribution < 1.29 is 14.1 Å². The summed E-state index contributed by atoms with van der Waals surface area (Å²) in [5.74, 6) is 0.921. The minimum absolute atomic E-state index is 0.228. The largest absolute Gasteiger partial charge is 0.495 e. The monoisotopic (exact) mass is 568 g/mol. The number of rotatable bonds is 10. The molecule has 1 aliphatic rings. The van der Waals surface area contributed by atoms with Crippen LogP contribution in [0.5, 0.6) is 5.75 Å². The molecular formula is C28H34ClN6O3P. The Morgan fingerprint density at radius 2 is 1.85 bits per heavy atom. The molecular weight excluding hydrogens is 535 g/mol. The van der Waals surface area contributed by atoms with Gasteiger partial charge in [0.05, 0.1) is 24.7 Å². The molecule has 1 fully saturated rings. The van der Waals surface area contributed by atoms with E-state index in [0.717, 1.165) is 25.9 Å². The van der Waals surface area contributed by atoms with Crippen LogP contribution in [0, 0.1) is 0 Å². The zero-order chi connectivity index (χ0) is 28.0. The molecule has 0 unspecified atom stereocenters. The molecule has 1 amide bonds. The van der Waals surface area contributed by atoms with Crippen molar-refractivity contribution in [3.63, 3.8) is 0 Å². The lowest BCUT2D eigenvalue weighted by atomic mass is 10.1. The minimum Gasteiger partial charge on any atom is -0.495 e. The number of aromatic nitrogens is 2. The van der Waals surface area contributed by atoms with Crippen LogP contribution in [0.4, 0.5) is 28.8 Å². The van der Waals surface area contributed by atoms with E-state index in [1.807, 2.05) is 24.3 Å². The Bertz CT molecular complexity index is 1400. The Balaban J connectivity index is 1.51. The zero-order valence-electron chi connectivity index (χ0n) is 22.5. The lowest BCUT2D eigenvalue weighted by molar-refractivity contribution is -0.113. The molecule has 1 aromatic heterocycles. The number of benzene rings is 2. The molecule has 2 heterocycles. The number of nitrogens with zero attached hydrogens (tertiary/aromatic N) is 3. The van der Waals surface area contributed by atoms with Gasteiger partial charge in [-0.2, -0.15) is 4.98 Å². The first-order chi connectivity index (χ1) is 18.6. The number of ether oxygens (including phenoxy) is 1. The van der Waals surface area contributed by atoms with Crippen LogP contribution in [0.1, 0.15) is 19.3 Å². The molecule has 4 rings (SSSR count). The first-order valence-electron chi connectivity index (χ1n) is 12.7. The van der Waals surface area contributed by atoms with Gasteiger partial charge >= 0.3 is 0 Å². The number of hydrogen-bond donors (Lipinski definition) is 3. The summed E-state index contributed by atoms with van der Waals surface area (Å²) < 4.78 is 18.3. The van der Waals surface area contributed by atoms with Gasteiger partial charge in [-0.05, 0) is 69.6 Å². The van der Waals surface area contributed by atoms with Crippen molar-refractivity contribution in [2.75, 3.05) is 56.0 Å². The van der Waals surface area contributed by atoms with Crippen molar-refractivity contribution in [1.82, 2.24) is 14.9 Å². The van der Waals surface area contributed by atoms with Crippen molar-refractivity contribution in [3.8, 4) is 5.75 Å². The van der Waals surface area contributed by atoms with Gasteiger partial charge in [-0.15, -0.1) is 0 Å².